The Labute approximate surface area is 161 Å². The fraction of sp³-hybridized carbons (Fsp3) is 0.136. The molecule has 0 radical (unpaired) electrons. The average Bonchev–Trinajstić information content (AvgIpc) is 2.61. The topological polar surface area (TPSA) is 112 Å². The Morgan fingerprint density at radius 2 is 1.18 bits per heavy atom. The molecule has 6 nitrogen and oxygen atoms in total. The van der Waals surface area contributed by atoms with Gasteiger partial charge in [-0.3, -0.25) is 0 Å². The molecule has 0 spiro atoms. The van der Waals surface area contributed by atoms with Gasteiger partial charge >= 0.3 is 17.9 Å². The summed E-state index contributed by atoms with van der Waals surface area (Å²) in [5, 5.41) is 28.9. The number of carbonyl (C=O) groups is 3. The minimum atomic E-state index is -1.06. The number of fused-ring (bicyclic) bond motifs is 1. The highest BCUT2D eigenvalue weighted by molar-refractivity contribution is 6.03. The number of benzene rings is 2. The minimum absolute atomic E-state index is 0.124. The Hall–Kier alpha value is -3.67. The molecule has 0 aliphatic heterocycles. The van der Waals surface area contributed by atoms with Crippen molar-refractivity contribution in [2.75, 3.05) is 0 Å². The highest BCUT2D eigenvalue weighted by Gasteiger charge is 2.10. The summed E-state index contributed by atoms with van der Waals surface area (Å²) in [6, 6.07) is 8.79. The van der Waals surface area contributed by atoms with Gasteiger partial charge in [-0.15, -0.1) is 0 Å². The lowest BCUT2D eigenvalue weighted by Crippen LogP contribution is -1.98. The van der Waals surface area contributed by atoms with Crippen LogP contribution in [-0.2, 0) is 14.4 Å². The molecule has 0 aliphatic rings. The van der Waals surface area contributed by atoms with Crippen molar-refractivity contribution >= 4 is 46.9 Å². The van der Waals surface area contributed by atoms with Crippen LogP contribution in [0.3, 0.4) is 0 Å². The van der Waals surface area contributed by atoms with Gasteiger partial charge in [-0.2, -0.15) is 0 Å². The first kappa shape index (κ1) is 20.6. The van der Waals surface area contributed by atoms with Crippen LogP contribution >= 0.6 is 0 Å². The third-order valence-corrected chi connectivity index (χ3v) is 4.22. The van der Waals surface area contributed by atoms with Crippen LogP contribution in [0.25, 0.3) is 29.0 Å². The molecule has 0 aromatic heterocycles. The Morgan fingerprint density at radius 3 is 1.71 bits per heavy atom. The molecule has 0 heterocycles. The minimum Gasteiger partial charge on any atom is -0.478 e. The summed E-state index contributed by atoms with van der Waals surface area (Å²) < 4.78 is 0. The first-order valence-corrected chi connectivity index (χ1v) is 8.41. The second-order valence-electron chi connectivity index (χ2n) is 6.45. The second kappa shape index (κ2) is 8.35. The zero-order valence-electron chi connectivity index (χ0n) is 15.7. The Morgan fingerprint density at radius 1 is 0.679 bits per heavy atom. The molecular formula is C22H20O6. The maximum absolute atomic E-state index is 11.2. The number of carboxylic acids is 3. The highest BCUT2D eigenvalue weighted by atomic mass is 16.4. The van der Waals surface area contributed by atoms with Crippen LogP contribution in [0, 0.1) is 0 Å². The smallest absolute Gasteiger partial charge is 0.331 e. The van der Waals surface area contributed by atoms with Gasteiger partial charge in [0.1, 0.15) is 0 Å². The molecule has 144 valence electrons. The van der Waals surface area contributed by atoms with E-state index in [1.165, 1.54) is 39.0 Å². The summed E-state index contributed by atoms with van der Waals surface area (Å²) in [6.07, 6.45) is 4.52. The van der Waals surface area contributed by atoms with Gasteiger partial charge in [0.15, 0.2) is 0 Å². The number of aliphatic carboxylic acids is 3. The Bertz CT molecular complexity index is 1070. The van der Waals surface area contributed by atoms with Gasteiger partial charge in [-0.25, -0.2) is 14.4 Å². The standard InChI is InChI=1S/C22H20O6/c1-12(20(23)24)7-15-10-17(9-14(3)22(27)28)18-6-4-5-16(19(18)11-15)8-13(2)21(25)26/h4-11H,1-3H3,(H,23,24)(H,25,26)(H,27,28)/b12-7+,13-8+,14-9+. The molecule has 0 aliphatic carbocycles. The van der Waals surface area contributed by atoms with Gasteiger partial charge in [0, 0.05) is 16.7 Å². The number of rotatable bonds is 6. The fourth-order valence-electron chi connectivity index (χ4n) is 2.69. The van der Waals surface area contributed by atoms with Crippen molar-refractivity contribution < 1.29 is 29.7 Å². The highest BCUT2D eigenvalue weighted by Crippen LogP contribution is 2.29. The zero-order chi connectivity index (χ0) is 21.0. The third-order valence-electron chi connectivity index (χ3n) is 4.22. The van der Waals surface area contributed by atoms with Crippen molar-refractivity contribution in [3.05, 3.63) is 63.7 Å². The molecule has 0 saturated carbocycles. The zero-order valence-corrected chi connectivity index (χ0v) is 15.7. The van der Waals surface area contributed by atoms with E-state index in [0.717, 1.165) is 5.39 Å². The van der Waals surface area contributed by atoms with Crippen molar-refractivity contribution in [1.82, 2.24) is 0 Å². The fourth-order valence-corrected chi connectivity index (χ4v) is 2.69. The molecule has 6 heteroatoms. The molecular weight excluding hydrogens is 360 g/mol. The maximum atomic E-state index is 11.2. The summed E-state index contributed by atoms with van der Waals surface area (Å²) in [5.74, 6) is -3.17. The number of carboxylic acid groups (broad SMARTS) is 3. The average molecular weight is 380 g/mol. The second-order valence-corrected chi connectivity index (χ2v) is 6.45. The van der Waals surface area contributed by atoms with Crippen LogP contribution in [0.4, 0.5) is 0 Å². The van der Waals surface area contributed by atoms with E-state index in [4.69, 9.17) is 10.2 Å². The summed E-state index contributed by atoms with van der Waals surface area (Å²) >= 11 is 0. The predicted octanol–water partition coefficient (Wildman–Crippen LogP) is 4.30. The number of hydrogen-bond acceptors (Lipinski definition) is 3. The lowest BCUT2D eigenvalue weighted by atomic mass is 9.94. The van der Waals surface area contributed by atoms with Crippen LogP contribution in [-0.4, -0.2) is 33.2 Å². The van der Waals surface area contributed by atoms with Crippen LogP contribution < -0.4 is 0 Å². The largest absolute Gasteiger partial charge is 0.478 e. The quantitative estimate of drug-likeness (QED) is 0.644. The molecule has 2 aromatic carbocycles. The van der Waals surface area contributed by atoms with E-state index in [0.29, 0.717) is 22.1 Å². The van der Waals surface area contributed by atoms with Gasteiger partial charge in [-0.05, 0) is 78.6 Å². The summed E-state index contributed by atoms with van der Waals surface area (Å²) in [6.45, 7) is 4.41. The van der Waals surface area contributed by atoms with Crippen molar-refractivity contribution in [3.63, 3.8) is 0 Å². The van der Waals surface area contributed by atoms with E-state index in [2.05, 4.69) is 0 Å². The van der Waals surface area contributed by atoms with Crippen LogP contribution in [0.15, 0.2) is 47.1 Å². The molecule has 0 fully saturated rings. The molecule has 0 amide bonds. The van der Waals surface area contributed by atoms with E-state index in [-0.39, 0.29) is 16.7 Å². The predicted molar refractivity (Wildman–Crippen MR) is 108 cm³/mol. The molecule has 2 rings (SSSR count). The van der Waals surface area contributed by atoms with E-state index in [1.54, 1.807) is 30.3 Å². The van der Waals surface area contributed by atoms with Gasteiger partial charge in [0.2, 0.25) is 0 Å². The number of hydrogen-bond donors (Lipinski definition) is 3. The van der Waals surface area contributed by atoms with E-state index in [1.807, 2.05) is 0 Å². The first-order valence-electron chi connectivity index (χ1n) is 8.41. The van der Waals surface area contributed by atoms with Gasteiger partial charge in [0.05, 0.1) is 0 Å². The molecule has 0 unspecified atom stereocenters. The maximum Gasteiger partial charge on any atom is 0.331 e. The first-order chi connectivity index (χ1) is 13.1. The molecule has 2 aromatic rings. The van der Waals surface area contributed by atoms with E-state index >= 15 is 0 Å². The monoisotopic (exact) mass is 380 g/mol. The molecule has 28 heavy (non-hydrogen) atoms. The Balaban J connectivity index is 2.87. The van der Waals surface area contributed by atoms with Crippen molar-refractivity contribution in [1.29, 1.82) is 0 Å². The third kappa shape index (κ3) is 4.73. The Kier molecular flexibility index (Phi) is 6.15. The van der Waals surface area contributed by atoms with Crippen LogP contribution in [0.2, 0.25) is 0 Å². The van der Waals surface area contributed by atoms with Crippen molar-refractivity contribution in [2.24, 2.45) is 0 Å². The van der Waals surface area contributed by atoms with Crippen molar-refractivity contribution in [3.8, 4) is 0 Å². The summed E-state index contributed by atoms with van der Waals surface area (Å²) in [7, 11) is 0. The van der Waals surface area contributed by atoms with Gasteiger partial charge in [-0.1, -0.05) is 18.2 Å². The molecule has 0 saturated heterocycles. The van der Waals surface area contributed by atoms with Crippen LogP contribution in [0.1, 0.15) is 37.5 Å². The summed E-state index contributed by atoms with van der Waals surface area (Å²) in [5.41, 5.74) is 2.21. The van der Waals surface area contributed by atoms with Crippen molar-refractivity contribution in [2.45, 2.75) is 20.8 Å². The normalized spacial score (nSPS) is 12.9. The molecule has 3 N–H and O–H groups in total. The lowest BCUT2D eigenvalue weighted by molar-refractivity contribution is -0.133. The molecule has 0 bridgehead atoms. The lowest BCUT2D eigenvalue weighted by Gasteiger charge is -2.10. The van der Waals surface area contributed by atoms with Gasteiger partial charge in [0.25, 0.3) is 0 Å². The van der Waals surface area contributed by atoms with Gasteiger partial charge < -0.3 is 15.3 Å². The van der Waals surface area contributed by atoms with Crippen LogP contribution in [0.5, 0.6) is 0 Å². The van der Waals surface area contributed by atoms with E-state index < -0.39 is 17.9 Å². The van der Waals surface area contributed by atoms with E-state index in [9.17, 15) is 19.5 Å². The summed E-state index contributed by atoms with van der Waals surface area (Å²) in [4.78, 5) is 33.6. The SMILES string of the molecule is C/C(=C\c1cc(/C=C(\C)C(=O)O)c2cccc(/C=C(\C)C(=O)O)c2c1)C(=O)O. The molecule has 0 atom stereocenters.